The summed E-state index contributed by atoms with van der Waals surface area (Å²) in [5.74, 6) is 0.0448. The average molecular weight is 265 g/mol. The Labute approximate surface area is 112 Å². The highest BCUT2D eigenvalue weighted by molar-refractivity contribution is 5.91. The zero-order valence-electron chi connectivity index (χ0n) is 11.2. The molecule has 2 rings (SSSR count). The first-order valence-corrected chi connectivity index (χ1v) is 6.49. The van der Waals surface area contributed by atoms with Crippen LogP contribution in [0.2, 0.25) is 0 Å². The first kappa shape index (κ1) is 13.7. The Morgan fingerprint density at radius 3 is 3.00 bits per heavy atom. The molecule has 2 N–H and O–H groups in total. The number of aromatic carboxylic acids is 1. The highest BCUT2D eigenvalue weighted by Crippen LogP contribution is 2.18. The number of carbonyl (C=O) groups is 1. The number of ether oxygens (including phenoxy) is 1. The number of hydrogen-bond acceptors (Lipinski definition) is 5. The number of hydrogen-bond donors (Lipinski definition) is 2. The molecule has 1 atom stereocenters. The summed E-state index contributed by atoms with van der Waals surface area (Å²) in [6.45, 7) is 6.06. The van der Waals surface area contributed by atoms with E-state index < -0.39 is 5.97 Å². The van der Waals surface area contributed by atoms with Gasteiger partial charge in [0.1, 0.15) is 5.82 Å². The molecule has 0 radical (unpaired) electrons. The highest BCUT2D eigenvalue weighted by Gasteiger charge is 2.19. The predicted octanol–water partition coefficient (Wildman–Crippen LogP) is 1.75. The van der Waals surface area contributed by atoms with Crippen LogP contribution in [0, 0.1) is 5.92 Å². The standard InChI is InChI=1S/C13H19N3O3/c1-8(2)12-15-6-10(11(16-12)13(17)18)14-5-9-3-4-19-7-9/h6,8-9,14H,3-5,7H2,1-2H3,(H,17,18). The smallest absolute Gasteiger partial charge is 0.356 e. The number of carboxylic acid groups (broad SMARTS) is 1. The van der Waals surface area contributed by atoms with Crippen molar-refractivity contribution in [1.82, 2.24) is 9.97 Å². The molecule has 0 amide bonds. The van der Waals surface area contributed by atoms with Crippen LogP contribution in [0.1, 0.15) is 42.5 Å². The molecule has 104 valence electrons. The molecule has 0 saturated carbocycles. The maximum Gasteiger partial charge on any atom is 0.356 e. The lowest BCUT2D eigenvalue weighted by Gasteiger charge is -2.13. The van der Waals surface area contributed by atoms with E-state index in [1.165, 1.54) is 0 Å². The lowest BCUT2D eigenvalue weighted by atomic mass is 10.1. The van der Waals surface area contributed by atoms with Crippen molar-refractivity contribution >= 4 is 11.7 Å². The number of rotatable bonds is 5. The second kappa shape index (κ2) is 5.97. The molecule has 1 aromatic heterocycles. The average Bonchev–Trinajstić information content (AvgIpc) is 2.89. The Morgan fingerprint density at radius 2 is 2.42 bits per heavy atom. The highest BCUT2D eigenvalue weighted by atomic mass is 16.5. The van der Waals surface area contributed by atoms with Gasteiger partial charge in [-0.05, 0) is 6.42 Å². The van der Waals surface area contributed by atoms with Crippen LogP contribution in [0.5, 0.6) is 0 Å². The van der Waals surface area contributed by atoms with Gasteiger partial charge in [0.2, 0.25) is 0 Å². The third kappa shape index (κ3) is 3.41. The second-order valence-electron chi connectivity index (χ2n) is 5.06. The fourth-order valence-corrected chi connectivity index (χ4v) is 1.96. The van der Waals surface area contributed by atoms with Crippen molar-refractivity contribution in [3.05, 3.63) is 17.7 Å². The fourth-order valence-electron chi connectivity index (χ4n) is 1.96. The molecule has 0 aromatic carbocycles. The van der Waals surface area contributed by atoms with Crippen molar-refractivity contribution in [2.75, 3.05) is 25.1 Å². The van der Waals surface area contributed by atoms with E-state index in [1.54, 1.807) is 6.20 Å². The topological polar surface area (TPSA) is 84.3 Å². The van der Waals surface area contributed by atoms with Crippen molar-refractivity contribution < 1.29 is 14.6 Å². The van der Waals surface area contributed by atoms with E-state index in [0.29, 0.717) is 24.0 Å². The quantitative estimate of drug-likeness (QED) is 0.843. The van der Waals surface area contributed by atoms with Crippen molar-refractivity contribution in [2.24, 2.45) is 5.92 Å². The molecule has 0 bridgehead atoms. The number of anilines is 1. The van der Waals surface area contributed by atoms with E-state index in [1.807, 2.05) is 13.8 Å². The summed E-state index contributed by atoms with van der Waals surface area (Å²) in [4.78, 5) is 19.5. The van der Waals surface area contributed by atoms with Gasteiger partial charge in [-0.2, -0.15) is 0 Å². The van der Waals surface area contributed by atoms with E-state index in [0.717, 1.165) is 19.6 Å². The Hall–Kier alpha value is -1.69. The van der Waals surface area contributed by atoms with Gasteiger partial charge >= 0.3 is 5.97 Å². The van der Waals surface area contributed by atoms with Gasteiger partial charge < -0.3 is 15.2 Å². The van der Waals surface area contributed by atoms with Crippen LogP contribution in [0.4, 0.5) is 5.69 Å². The Kier molecular flexibility index (Phi) is 4.31. The molecule has 19 heavy (non-hydrogen) atoms. The Bertz CT molecular complexity index is 456. The molecule has 0 spiro atoms. The van der Waals surface area contributed by atoms with Crippen molar-refractivity contribution in [3.63, 3.8) is 0 Å². The summed E-state index contributed by atoms with van der Waals surface area (Å²) in [5, 5.41) is 12.3. The number of aromatic nitrogens is 2. The molecule has 1 saturated heterocycles. The summed E-state index contributed by atoms with van der Waals surface area (Å²) in [7, 11) is 0. The fraction of sp³-hybridized carbons (Fsp3) is 0.615. The van der Waals surface area contributed by atoms with Crippen LogP contribution in [-0.2, 0) is 4.74 Å². The van der Waals surface area contributed by atoms with Crippen LogP contribution in [-0.4, -0.2) is 40.8 Å². The molecular weight excluding hydrogens is 246 g/mol. The minimum Gasteiger partial charge on any atom is -0.476 e. The maximum atomic E-state index is 11.2. The van der Waals surface area contributed by atoms with E-state index in [9.17, 15) is 9.90 Å². The monoisotopic (exact) mass is 265 g/mol. The van der Waals surface area contributed by atoms with Crippen LogP contribution < -0.4 is 5.32 Å². The summed E-state index contributed by atoms with van der Waals surface area (Å²) in [6, 6.07) is 0. The molecule has 6 nitrogen and oxygen atoms in total. The molecule has 1 aliphatic heterocycles. The maximum absolute atomic E-state index is 11.2. The second-order valence-corrected chi connectivity index (χ2v) is 5.06. The third-order valence-electron chi connectivity index (χ3n) is 3.13. The first-order valence-electron chi connectivity index (χ1n) is 6.49. The molecule has 1 aromatic rings. The summed E-state index contributed by atoms with van der Waals surface area (Å²) < 4.78 is 5.29. The SMILES string of the molecule is CC(C)c1ncc(NCC2CCOC2)c(C(=O)O)n1. The van der Waals surface area contributed by atoms with Crippen LogP contribution in [0.3, 0.4) is 0 Å². The lowest BCUT2D eigenvalue weighted by molar-refractivity contribution is 0.0691. The summed E-state index contributed by atoms with van der Waals surface area (Å²) in [6.07, 6.45) is 2.56. The Balaban J connectivity index is 2.11. The van der Waals surface area contributed by atoms with Gasteiger partial charge in [-0.1, -0.05) is 13.8 Å². The van der Waals surface area contributed by atoms with E-state index in [2.05, 4.69) is 15.3 Å². The van der Waals surface area contributed by atoms with Gasteiger partial charge in [0.25, 0.3) is 0 Å². The van der Waals surface area contributed by atoms with Gasteiger partial charge in [-0.3, -0.25) is 0 Å². The molecule has 1 fully saturated rings. The van der Waals surface area contributed by atoms with Gasteiger partial charge in [0.05, 0.1) is 18.5 Å². The van der Waals surface area contributed by atoms with Gasteiger partial charge in [0.15, 0.2) is 5.69 Å². The number of nitrogens with one attached hydrogen (secondary N) is 1. The van der Waals surface area contributed by atoms with Gasteiger partial charge in [-0.15, -0.1) is 0 Å². The zero-order chi connectivity index (χ0) is 13.8. The van der Waals surface area contributed by atoms with E-state index in [4.69, 9.17) is 4.74 Å². The Morgan fingerprint density at radius 1 is 1.63 bits per heavy atom. The zero-order valence-corrected chi connectivity index (χ0v) is 11.2. The van der Waals surface area contributed by atoms with E-state index >= 15 is 0 Å². The third-order valence-corrected chi connectivity index (χ3v) is 3.13. The largest absolute Gasteiger partial charge is 0.476 e. The molecule has 0 aliphatic carbocycles. The summed E-state index contributed by atoms with van der Waals surface area (Å²) >= 11 is 0. The van der Waals surface area contributed by atoms with Crippen molar-refractivity contribution in [2.45, 2.75) is 26.2 Å². The molecular formula is C13H19N3O3. The van der Waals surface area contributed by atoms with Crippen molar-refractivity contribution in [1.29, 1.82) is 0 Å². The molecule has 2 heterocycles. The van der Waals surface area contributed by atoms with Crippen LogP contribution in [0.15, 0.2) is 6.20 Å². The van der Waals surface area contributed by atoms with Crippen LogP contribution in [0.25, 0.3) is 0 Å². The van der Waals surface area contributed by atoms with Gasteiger partial charge in [0, 0.05) is 25.0 Å². The van der Waals surface area contributed by atoms with E-state index in [-0.39, 0.29) is 11.6 Å². The van der Waals surface area contributed by atoms with Crippen LogP contribution >= 0.6 is 0 Å². The van der Waals surface area contributed by atoms with Crippen molar-refractivity contribution in [3.8, 4) is 0 Å². The molecule has 1 aliphatic rings. The first-order chi connectivity index (χ1) is 9.08. The molecule has 6 heteroatoms. The summed E-state index contributed by atoms with van der Waals surface area (Å²) in [5.41, 5.74) is 0.515. The normalized spacial score (nSPS) is 18.8. The lowest BCUT2D eigenvalue weighted by Crippen LogP contribution is -2.18. The predicted molar refractivity (Wildman–Crippen MR) is 70.5 cm³/mol. The number of carboxylic acids is 1. The minimum absolute atomic E-state index is 0.0395. The number of nitrogens with zero attached hydrogens (tertiary/aromatic N) is 2. The minimum atomic E-state index is -1.03. The molecule has 1 unspecified atom stereocenters. The van der Waals surface area contributed by atoms with Gasteiger partial charge in [-0.25, -0.2) is 14.8 Å².